The minimum absolute atomic E-state index is 0.145. The molecule has 3 N–H and O–H groups in total. The van der Waals surface area contributed by atoms with E-state index in [1.54, 1.807) is 6.08 Å². The highest BCUT2D eigenvalue weighted by atomic mass is 32.2. The number of nitrogens with one attached hydrogen (secondary N) is 1. The number of benzene rings is 3. The fraction of sp³-hybridized carbons (Fsp3) is 0. The molecule has 0 radical (unpaired) electrons. The van der Waals surface area contributed by atoms with E-state index < -0.39 is 5.97 Å². The number of amidine groups is 1. The molecule has 0 aliphatic carbocycles. The lowest BCUT2D eigenvalue weighted by Crippen LogP contribution is -2.19. The summed E-state index contributed by atoms with van der Waals surface area (Å²) < 4.78 is 0. The van der Waals surface area contributed by atoms with Crippen molar-refractivity contribution in [3.8, 4) is 5.75 Å². The largest absolute Gasteiger partial charge is 0.508 e. The molecule has 138 valence electrons. The lowest BCUT2D eigenvalue weighted by Gasteiger charge is -2.03. The molecule has 3 aromatic rings. The van der Waals surface area contributed by atoms with E-state index in [0.29, 0.717) is 4.91 Å². The highest BCUT2D eigenvalue weighted by molar-refractivity contribution is 8.18. The number of rotatable bonds is 3. The first-order valence-electron chi connectivity index (χ1n) is 8.35. The van der Waals surface area contributed by atoms with Crippen molar-refractivity contribution in [1.82, 2.24) is 5.32 Å². The van der Waals surface area contributed by atoms with Gasteiger partial charge >= 0.3 is 5.97 Å². The number of hydrogen-bond donors (Lipinski definition) is 3. The Hall–Kier alpha value is -3.58. The smallest absolute Gasteiger partial charge is 0.338 e. The number of phenolic OH excluding ortho intramolecular Hbond substituents is 1. The molecule has 0 atom stereocenters. The van der Waals surface area contributed by atoms with Gasteiger partial charge in [0.05, 0.1) is 16.2 Å². The van der Waals surface area contributed by atoms with Crippen molar-refractivity contribution in [3.05, 3.63) is 76.7 Å². The number of amides is 1. The van der Waals surface area contributed by atoms with Gasteiger partial charge in [-0.3, -0.25) is 4.79 Å². The van der Waals surface area contributed by atoms with Crippen molar-refractivity contribution in [3.63, 3.8) is 0 Å². The van der Waals surface area contributed by atoms with Gasteiger partial charge < -0.3 is 15.5 Å². The molecule has 0 bridgehead atoms. The first-order chi connectivity index (χ1) is 13.5. The molecule has 1 aliphatic rings. The molecule has 0 spiro atoms. The Balaban J connectivity index is 1.69. The standard InChI is InChI=1S/C21H14N2O4S/c24-14-8-9-17(16(11-14)20(26)27)22-21-23-19(25)18(28-21)10-13-6-3-5-12-4-1-2-7-15(12)13/h1-11,24H,(H,26,27)(H,22,23,25)/b18-10-. The summed E-state index contributed by atoms with van der Waals surface area (Å²) in [6, 6.07) is 17.6. The van der Waals surface area contributed by atoms with E-state index in [-0.39, 0.29) is 28.1 Å². The molecule has 0 aromatic heterocycles. The zero-order valence-corrected chi connectivity index (χ0v) is 15.2. The summed E-state index contributed by atoms with van der Waals surface area (Å²) in [5.74, 6) is -1.68. The van der Waals surface area contributed by atoms with Crippen molar-refractivity contribution in [1.29, 1.82) is 0 Å². The number of aromatic hydroxyl groups is 1. The Morgan fingerprint density at radius 2 is 1.86 bits per heavy atom. The molecule has 1 saturated heterocycles. The van der Waals surface area contributed by atoms with Crippen LogP contribution in [0.2, 0.25) is 0 Å². The molecule has 4 rings (SSSR count). The summed E-state index contributed by atoms with van der Waals surface area (Å²) in [5, 5.41) is 23.8. The van der Waals surface area contributed by atoms with E-state index in [2.05, 4.69) is 10.3 Å². The fourth-order valence-corrected chi connectivity index (χ4v) is 3.73. The Morgan fingerprint density at radius 1 is 1.07 bits per heavy atom. The zero-order chi connectivity index (χ0) is 19.7. The predicted molar refractivity (Wildman–Crippen MR) is 110 cm³/mol. The van der Waals surface area contributed by atoms with E-state index in [4.69, 9.17) is 0 Å². The first-order valence-corrected chi connectivity index (χ1v) is 9.16. The molecule has 6 nitrogen and oxygen atoms in total. The van der Waals surface area contributed by atoms with Crippen LogP contribution in [0.1, 0.15) is 15.9 Å². The van der Waals surface area contributed by atoms with Crippen LogP contribution in [0.15, 0.2) is 70.6 Å². The second kappa shape index (κ2) is 7.21. The number of thioether (sulfide) groups is 1. The molecule has 0 unspecified atom stereocenters. The molecule has 28 heavy (non-hydrogen) atoms. The van der Waals surface area contributed by atoms with Gasteiger partial charge in [-0.15, -0.1) is 0 Å². The Morgan fingerprint density at radius 3 is 2.68 bits per heavy atom. The number of phenols is 1. The summed E-state index contributed by atoms with van der Waals surface area (Å²) in [4.78, 5) is 28.4. The third-order valence-electron chi connectivity index (χ3n) is 4.19. The SMILES string of the molecule is O=C1NC(=Nc2ccc(O)cc2C(=O)O)S/C1=C\c1cccc2ccccc12. The summed E-state index contributed by atoms with van der Waals surface area (Å²) in [7, 11) is 0. The van der Waals surface area contributed by atoms with Crippen LogP contribution in [-0.2, 0) is 4.79 Å². The zero-order valence-electron chi connectivity index (χ0n) is 14.4. The molecule has 1 amide bonds. The Kier molecular flexibility index (Phi) is 4.58. The number of carbonyl (C=O) groups excluding carboxylic acids is 1. The van der Waals surface area contributed by atoms with Gasteiger partial charge in [0.2, 0.25) is 0 Å². The van der Waals surface area contributed by atoms with E-state index in [1.807, 2.05) is 42.5 Å². The second-order valence-corrected chi connectivity index (χ2v) is 7.09. The maximum atomic E-state index is 12.4. The minimum Gasteiger partial charge on any atom is -0.508 e. The summed E-state index contributed by atoms with van der Waals surface area (Å²) in [5.41, 5.74) is 0.918. The van der Waals surface area contributed by atoms with Crippen LogP contribution in [0.3, 0.4) is 0 Å². The molecular formula is C21H14N2O4S. The van der Waals surface area contributed by atoms with Gasteiger partial charge in [-0.25, -0.2) is 9.79 Å². The van der Waals surface area contributed by atoms with E-state index in [0.717, 1.165) is 34.2 Å². The van der Waals surface area contributed by atoms with E-state index in [9.17, 15) is 19.8 Å². The van der Waals surface area contributed by atoms with Crippen LogP contribution < -0.4 is 5.32 Å². The van der Waals surface area contributed by atoms with Gasteiger partial charge in [0.1, 0.15) is 5.75 Å². The Labute approximate surface area is 164 Å². The molecule has 3 aromatic carbocycles. The van der Waals surface area contributed by atoms with Crippen LogP contribution >= 0.6 is 11.8 Å². The van der Waals surface area contributed by atoms with Crippen molar-refractivity contribution < 1.29 is 19.8 Å². The van der Waals surface area contributed by atoms with Crippen LogP contribution in [0.4, 0.5) is 5.69 Å². The van der Waals surface area contributed by atoms with Crippen LogP contribution in [0.25, 0.3) is 16.8 Å². The van der Waals surface area contributed by atoms with Gasteiger partial charge in [-0.1, -0.05) is 42.5 Å². The minimum atomic E-state index is -1.21. The van der Waals surface area contributed by atoms with Gasteiger partial charge in [-0.2, -0.15) is 0 Å². The quantitative estimate of drug-likeness (QED) is 0.584. The van der Waals surface area contributed by atoms with Crippen molar-refractivity contribution in [2.75, 3.05) is 0 Å². The molecule has 7 heteroatoms. The number of carbonyl (C=O) groups is 2. The van der Waals surface area contributed by atoms with Gasteiger partial charge in [-0.05, 0) is 52.4 Å². The molecule has 1 fully saturated rings. The monoisotopic (exact) mass is 390 g/mol. The topological polar surface area (TPSA) is 99.0 Å². The maximum Gasteiger partial charge on any atom is 0.338 e. The van der Waals surface area contributed by atoms with Crippen molar-refractivity contribution in [2.24, 2.45) is 4.99 Å². The number of nitrogens with zero attached hydrogens (tertiary/aromatic N) is 1. The number of carboxylic acid groups (broad SMARTS) is 1. The van der Waals surface area contributed by atoms with E-state index >= 15 is 0 Å². The number of hydrogen-bond acceptors (Lipinski definition) is 5. The second-order valence-electron chi connectivity index (χ2n) is 6.06. The first kappa shape index (κ1) is 17.8. The average Bonchev–Trinajstić information content (AvgIpc) is 3.02. The highest BCUT2D eigenvalue weighted by Crippen LogP contribution is 2.31. The lowest BCUT2D eigenvalue weighted by atomic mass is 10.0. The van der Waals surface area contributed by atoms with Crippen LogP contribution in [0, 0.1) is 0 Å². The molecular weight excluding hydrogens is 376 g/mol. The third kappa shape index (κ3) is 3.47. The lowest BCUT2D eigenvalue weighted by molar-refractivity contribution is -0.115. The fourth-order valence-electron chi connectivity index (χ4n) is 2.90. The summed E-state index contributed by atoms with van der Waals surface area (Å²) in [6.07, 6.45) is 1.79. The summed E-state index contributed by atoms with van der Waals surface area (Å²) in [6.45, 7) is 0. The van der Waals surface area contributed by atoms with Gasteiger partial charge in [0, 0.05) is 0 Å². The highest BCUT2D eigenvalue weighted by Gasteiger charge is 2.24. The molecule has 0 saturated carbocycles. The number of fused-ring (bicyclic) bond motifs is 1. The molecule has 1 aliphatic heterocycles. The maximum absolute atomic E-state index is 12.4. The predicted octanol–water partition coefficient (Wildman–Crippen LogP) is 4.14. The normalized spacial score (nSPS) is 16.6. The van der Waals surface area contributed by atoms with Gasteiger partial charge in [0.25, 0.3) is 5.91 Å². The van der Waals surface area contributed by atoms with Crippen LogP contribution in [0.5, 0.6) is 5.75 Å². The number of carboxylic acids is 1. The Bertz CT molecular complexity index is 1180. The number of aromatic carboxylic acids is 1. The van der Waals surface area contributed by atoms with Gasteiger partial charge in [0.15, 0.2) is 5.17 Å². The van der Waals surface area contributed by atoms with Crippen molar-refractivity contribution >= 4 is 51.3 Å². The third-order valence-corrected chi connectivity index (χ3v) is 5.10. The van der Waals surface area contributed by atoms with Crippen molar-refractivity contribution in [2.45, 2.75) is 0 Å². The number of aliphatic imine (C=N–C) groups is 1. The molecule has 1 heterocycles. The average molecular weight is 390 g/mol. The van der Waals surface area contributed by atoms with Crippen LogP contribution in [-0.4, -0.2) is 27.3 Å². The summed E-state index contributed by atoms with van der Waals surface area (Å²) >= 11 is 1.14. The van der Waals surface area contributed by atoms with E-state index in [1.165, 1.54) is 12.1 Å².